The van der Waals surface area contributed by atoms with Crippen LogP contribution in [0.5, 0.6) is 5.75 Å². The van der Waals surface area contributed by atoms with E-state index in [-0.39, 0.29) is 29.1 Å². The minimum atomic E-state index is -0.489. The molecule has 2 N–H and O–H groups in total. The first-order valence-corrected chi connectivity index (χ1v) is 13.4. The Hall–Kier alpha value is -2.54. The minimum Gasteiger partial charge on any atom is -0.507 e. The van der Waals surface area contributed by atoms with Crippen molar-refractivity contribution in [3.63, 3.8) is 0 Å². The summed E-state index contributed by atoms with van der Waals surface area (Å²) < 4.78 is 0. The van der Waals surface area contributed by atoms with E-state index in [4.69, 9.17) is 11.4 Å². The smallest absolute Gasteiger partial charge is 0.238 e. The fourth-order valence-electron chi connectivity index (χ4n) is 4.29. The molecule has 4 atom stereocenters. The molecule has 7 nitrogen and oxygen atoms in total. The maximum atomic E-state index is 13.0. The maximum Gasteiger partial charge on any atom is 0.238 e. The molecule has 3 aliphatic rings. The Kier molecular flexibility index (Phi) is 8.14. The Morgan fingerprint density at radius 3 is 3.00 bits per heavy atom. The molecule has 2 unspecified atom stereocenters. The van der Waals surface area contributed by atoms with Gasteiger partial charge in [0.1, 0.15) is 16.3 Å². The Labute approximate surface area is 209 Å². The predicted molar refractivity (Wildman–Crippen MR) is 140 cm³/mol. The van der Waals surface area contributed by atoms with Crippen LogP contribution >= 0.6 is 23.5 Å². The number of hydrogen-bond donors (Lipinski definition) is 2. The number of allylic oxidation sites excluding steroid dienone is 2. The molecule has 0 spiro atoms. The van der Waals surface area contributed by atoms with Gasteiger partial charge in [0.2, 0.25) is 5.91 Å². The molecule has 1 fully saturated rings. The molecule has 1 amide bonds. The SMILES string of the molecule is C#CCCC1(CCNC(=O)[C@@H]2CSC([C@H]3CSC(c4ccccc4O)=N3)N2C)C=CC=CN=N1. The van der Waals surface area contributed by atoms with Crippen LogP contribution in [-0.4, -0.2) is 69.1 Å². The number of nitrogens with zero attached hydrogens (tertiary/aromatic N) is 4. The largest absolute Gasteiger partial charge is 0.507 e. The lowest BCUT2D eigenvalue weighted by Crippen LogP contribution is -2.48. The lowest BCUT2D eigenvalue weighted by molar-refractivity contribution is -0.125. The average molecular weight is 496 g/mol. The summed E-state index contributed by atoms with van der Waals surface area (Å²) in [6.07, 6.45) is 14.9. The van der Waals surface area contributed by atoms with Crippen LogP contribution in [0.1, 0.15) is 24.8 Å². The molecule has 1 aromatic rings. The summed E-state index contributed by atoms with van der Waals surface area (Å²) in [6, 6.07) is 7.15. The zero-order valence-electron chi connectivity index (χ0n) is 19.1. The van der Waals surface area contributed by atoms with Gasteiger partial charge < -0.3 is 10.4 Å². The average Bonchev–Trinajstić information content (AvgIpc) is 3.39. The molecule has 0 aromatic heterocycles. The number of amides is 1. The predicted octanol–water partition coefficient (Wildman–Crippen LogP) is 3.82. The monoisotopic (exact) mass is 495 g/mol. The number of aliphatic imine (C=N–C) groups is 1. The van der Waals surface area contributed by atoms with Crippen molar-refractivity contribution in [2.75, 3.05) is 25.1 Å². The fourth-order valence-corrected chi connectivity index (χ4v) is 7.06. The molecule has 0 radical (unpaired) electrons. The number of terminal acetylenes is 1. The van der Waals surface area contributed by atoms with Crippen LogP contribution in [0.2, 0.25) is 0 Å². The number of azo groups is 1. The summed E-state index contributed by atoms with van der Waals surface area (Å²) in [5.74, 6) is 4.51. The van der Waals surface area contributed by atoms with Crippen LogP contribution in [0.15, 0.2) is 63.9 Å². The van der Waals surface area contributed by atoms with Gasteiger partial charge in [0.05, 0.1) is 17.5 Å². The van der Waals surface area contributed by atoms with E-state index in [0.717, 1.165) is 22.1 Å². The van der Waals surface area contributed by atoms with Gasteiger partial charge in [-0.1, -0.05) is 24.3 Å². The van der Waals surface area contributed by atoms with Gasteiger partial charge in [0.25, 0.3) is 0 Å². The van der Waals surface area contributed by atoms with Gasteiger partial charge in [0, 0.05) is 36.2 Å². The number of aromatic hydroxyl groups is 1. The molecule has 1 saturated heterocycles. The third kappa shape index (κ3) is 5.57. The highest BCUT2D eigenvalue weighted by Crippen LogP contribution is 2.37. The summed E-state index contributed by atoms with van der Waals surface area (Å²) in [5.41, 5.74) is 0.283. The lowest BCUT2D eigenvalue weighted by atomic mass is 9.90. The first-order chi connectivity index (χ1) is 16.5. The number of thioether (sulfide) groups is 2. The van der Waals surface area contributed by atoms with Crippen molar-refractivity contribution in [2.24, 2.45) is 15.2 Å². The summed E-state index contributed by atoms with van der Waals surface area (Å²) in [6.45, 7) is 0.501. The number of hydrogen-bond acceptors (Lipinski definition) is 8. The van der Waals surface area contributed by atoms with Gasteiger partial charge in [-0.15, -0.1) is 35.9 Å². The number of likely N-dealkylation sites (N-methyl/N-ethyl adjacent to an activating group) is 1. The summed E-state index contributed by atoms with van der Waals surface area (Å²) in [7, 11) is 2.00. The molecule has 4 rings (SSSR count). The van der Waals surface area contributed by atoms with Crippen molar-refractivity contribution in [3.05, 3.63) is 54.3 Å². The number of phenols is 1. The van der Waals surface area contributed by atoms with Crippen LogP contribution in [0.3, 0.4) is 0 Å². The Balaban J connectivity index is 1.33. The fraction of sp³-hybridized carbons (Fsp3) is 0.440. The number of benzene rings is 1. The van der Waals surface area contributed by atoms with Gasteiger partial charge in [-0.2, -0.15) is 10.2 Å². The molecular weight excluding hydrogens is 466 g/mol. The van der Waals surface area contributed by atoms with E-state index in [1.54, 1.807) is 35.8 Å². The van der Waals surface area contributed by atoms with Crippen LogP contribution in [0.25, 0.3) is 0 Å². The summed E-state index contributed by atoms with van der Waals surface area (Å²) >= 11 is 3.43. The van der Waals surface area contributed by atoms with Crippen molar-refractivity contribution in [1.82, 2.24) is 10.2 Å². The molecule has 34 heavy (non-hydrogen) atoms. The first-order valence-electron chi connectivity index (χ1n) is 11.3. The molecule has 1 aromatic carbocycles. The second-order valence-corrected chi connectivity index (χ2v) is 10.7. The van der Waals surface area contributed by atoms with Crippen LogP contribution < -0.4 is 5.32 Å². The van der Waals surface area contributed by atoms with Crippen LogP contribution in [-0.2, 0) is 4.79 Å². The van der Waals surface area contributed by atoms with Crippen molar-refractivity contribution < 1.29 is 9.90 Å². The molecule has 3 heterocycles. The molecule has 0 saturated carbocycles. The van der Waals surface area contributed by atoms with E-state index in [0.29, 0.717) is 25.8 Å². The molecule has 3 aliphatic heterocycles. The van der Waals surface area contributed by atoms with Crippen molar-refractivity contribution in [2.45, 2.75) is 42.3 Å². The third-order valence-corrected chi connectivity index (χ3v) is 8.85. The normalized spacial score (nSPS) is 28.5. The number of nitrogens with one attached hydrogen (secondary N) is 1. The number of para-hydroxylation sites is 1. The molecule has 9 heteroatoms. The summed E-state index contributed by atoms with van der Waals surface area (Å²) in [5, 5.41) is 22.8. The van der Waals surface area contributed by atoms with Crippen molar-refractivity contribution in [1.29, 1.82) is 0 Å². The van der Waals surface area contributed by atoms with Crippen LogP contribution in [0.4, 0.5) is 0 Å². The number of phenolic OH excluding ortho intramolecular Hbond substituents is 1. The molecule has 178 valence electrons. The van der Waals surface area contributed by atoms with Gasteiger partial charge in [-0.25, -0.2) is 0 Å². The minimum absolute atomic E-state index is 0.0211. The van der Waals surface area contributed by atoms with E-state index in [9.17, 15) is 9.90 Å². The van der Waals surface area contributed by atoms with E-state index >= 15 is 0 Å². The molecule has 0 aliphatic carbocycles. The van der Waals surface area contributed by atoms with Crippen molar-refractivity contribution in [3.8, 4) is 18.1 Å². The van der Waals surface area contributed by atoms with E-state index in [1.165, 1.54) is 0 Å². The number of rotatable bonds is 8. The van der Waals surface area contributed by atoms with Gasteiger partial charge in [0.15, 0.2) is 0 Å². The Morgan fingerprint density at radius 2 is 2.18 bits per heavy atom. The van der Waals surface area contributed by atoms with Crippen molar-refractivity contribution >= 4 is 34.5 Å². The molecular formula is C25H29N5O2S2. The van der Waals surface area contributed by atoms with Gasteiger partial charge in [-0.05, 0) is 38.1 Å². The molecule has 0 bridgehead atoms. The van der Waals surface area contributed by atoms with Gasteiger partial charge >= 0.3 is 0 Å². The highest BCUT2D eigenvalue weighted by Gasteiger charge is 2.41. The Bertz CT molecular complexity index is 1050. The van der Waals surface area contributed by atoms with E-state index in [2.05, 4.69) is 26.4 Å². The Morgan fingerprint density at radius 1 is 1.32 bits per heavy atom. The van der Waals surface area contributed by atoms with E-state index in [1.807, 2.05) is 43.5 Å². The zero-order chi connectivity index (χ0) is 24.0. The summed E-state index contributed by atoms with van der Waals surface area (Å²) in [4.78, 5) is 20.0. The highest BCUT2D eigenvalue weighted by molar-refractivity contribution is 8.14. The maximum absolute atomic E-state index is 13.0. The lowest BCUT2D eigenvalue weighted by Gasteiger charge is -2.27. The van der Waals surface area contributed by atoms with E-state index < -0.39 is 5.54 Å². The zero-order valence-corrected chi connectivity index (χ0v) is 20.8. The quantitative estimate of drug-likeness (QED) is 0.535. The second-order valence-electron chi connectivity index (χ2n) is 8.50. The first kappa shape index (κ1) is 24.6. The van der Waals surface area contributed by atoms with Gasteiger partial charge in [-0.3, -0.25) is 14.7 Å². The topological polar surface area (TPSA) is 89.6 Å². The highest BCUT2D eigenvalue weighted by atomic mass is 32.2. The number of carbonyl (C=O) groups excluding carboxylic acids is 1. The standard InChI is InChI=1S/C25H29N5O2S2/c1-3-4-11-25(12-7-8-14-27-29-25)13-15-26-22(32)20-17-34-24(30(20)2)19-16-33-23(28-19)18-9-5-6-10-21(18)31/h1,5-10,12,14,19-20,24,31H,4,11,13,15-17H2,2H3,(H,26,32)/t19-,20+,24?,25?/m1/s1. The third-order valence-electron chi connectivity index (χ3n) is 6.24. The van der Waals surface area contributed by atoms with Crippen LogP contribution in [0, 0.1) is 12.3 Å². The second kappa shape index (κ2) is 11.3. The number of carbonyl (C=O) groups is 1.